The summed E-state index contributed by atoms with van der Waals surface area (Å²) in [6.07, 6.45) is 0.0388. The predicted octanol–water partition coefficient (Wildman–Crippen LogP) is 2.63. The smallest absolute Gasteiger partial charge is 0.241 e. The maximum atomic E-state index is 12.6. The van der Waals surface area contributed by atoms with E-state index < -0.39 is 0 Å². The SMILES string of the molecule is CCOC(C)CN1C(=O)C(C(C)C)NC1c1cccs1. The Morgan fingerprint density at radius 3 is 2.75 bits per heavy atom. The lowest BCUT2D eigenvalue weighted by atomic mass is 10.1. The van der Waals surface area contributed by atoms with E-state index in [1.807, 2.05) is 30.2 Å². The molecule has 3 unspecified atom stereocenters. The van der Waals surface area contributed by atoms with Crippen molar-refractivity contribution in [3.8, 4) is 0 Å². The summed E-state index contributed by atoms with van der Waals surface area (Å²) in [5.74, 6) is 0.474. The van der Waals surface area contributed by atoms with Gasteiger partial charge in [0.2, 0.25) is 5.91 Å². The second kappa shape index (κ2) is 6.70. The van der Waals surface area contributed by atoms with Gasteiger partial charge in [-0.15, -0.1) is 11.3 Å². The molecule has 1 aromatic rings. The van der Waals surface area contributed by atoms with Crippen molar-refractivity contribution >= 4 is 17.2 Å². The van der Waals surface area contributed by atoms with Gasteiger partial charge >= 0.3 is 0 Å². The van der Waals surface area contributed by atoms with Gasteiger partial charge in [-0.1, -0.05) is 19.9 Å². The van der Waals surface area contributed by atoms with Gasteiger partial charge in [0, 0.05) is 18.0 Å². The summed E-state index contributed by atoms with van der Waals surface area (Å²) in [6.45, 7) is 9.46. The molecular weight excluding hydrogens is 272 g/mol. The summed E-state index contributed by atoms with van der Waals surface area (Å²) in [5.41, 5.74) is 0. The topological polar surface area (TPSA) is 41.6 Å². The molecule has 1 aliphatic heterocycles. The lowest BCUT2D eigenvalue weighted by Gasteiger charge is -2.26. The monoisotopic (exact) mass is 296 g/mol. The molecule has 1 aromatic heterocycles. The predicted molar refractivity (Wildman–Crippen MR) is 81.6 cm³/mol. The number of nitrogens with zero attached hydrogens (tertiary/aromatic N) is 1. The van der Waals surface area contributed by atoms with Crippen LogP contribution in [0.1, 0.15) is 38.7 Å². The summed E-state index contributed by atoms with van der Waals surface area (Å²) in [4.78, 5) is 15.7. The van der Waals surface area contributed by atoms with Gasteiger partial charge in [-0.05, 0) is 31.2 Å². The van der Waals surface area contributed by atoms with Crippen LogP contribution in [-0.4, -0.2) is 36.1 Å². The third kappa shape index (κ3) is 3.22. The fourth-order valence-corrected chi connectivity index (χ4v) is 3.40. The van der Waals surface area contributed by atoms with Crippen LogP contribution in [0.5, 0.6) is 0 Å². The molecule has 1 N–H and O–H groups in total. The van der Waals surface area contributed by atoms with Gasteiger partial charge in [0.15, 0.2) is 0 Å². The number of carbonyl (C=O) groups is 1. The lowest BCUT2D eigenvalue weighted by molar-refractivity contribution is -0.132. The first-order chi connectivity index (χ1) is 9.54. The van der Waals surface area contributed by atoms with Crippen molar-refractivity contribution in [2.75, 3.05) is 13.2 Å². The van der Waals surface area contributed by atoms with E-state index in [0.29, 0.717) is 13.2 Å². The Kier molecular flexibility index (Phi) is 5.18. The van der Waals surface area contributed by atoms with Crippen molar-refractivity contribution < 1.29 is 9.53 Å². The molecule has 2 heterocycles. The van der Waals surface area contributed by atoms with E-state index in [0.717, 1.165) is 0 Å². The third-order valence-electron chi connectivity index (χ3n) is 3.58. The Morgan fingerprint density at radius 1 is 1.45 bits per heavy atom. The van der Waals surface area contributed by atoms with Crippen LogP contribution in [0.3, 0.4) is 0 Å². The lowest BCUT2D eigenvalue weighted by Crippen LogP contribution is -2.38. The number of rotatable bonds is 6. The first-order valence-electron chi connectivity index (χ1n) is 7.26. The van der Waals surface area contributed by atoms with E-state index in [-0.39, 0.29) is 30.1 Å². The minimum Gasteiger partial charge on any atom is -0.377 e. The molecule has 1 amide bonds. The molecule has 0 radical (unpaired) electrons. The van der Waals surface area contributed by atoms with Crippen molar-refractivity contribution in [3.63, 3.8) is 0 Å². The maximum Gasteiger partial charge on any atom is 0.241 e. The summed E-state index contributed by atoms with van der Waals surface area (Å²) < 4.78 is 5.60. The van der Waals surface area contributed by atoms with E-state index >= 15 is 0 Å². The zero-order valence-corrected chi connectivity index (χ0v) is 13.4. The Morgan fingerprint density at radius 2 is 2.20 bits per heavy atom. The Labute approximate surface area is 125 Å². The highest BCUT2D eigenvalue weighted by atomic mass is 32.1. The van der Waals surface area contributed by atoms with Gasteiger partial charge in [0.25, 0.3) is 0 Å². The van der Waals surface area contributed by atoms with Crippen molar-refractivity contribution in [2.24, 2.45) is 5.92 Å². The first kappa shape index (κ1) is 15.5. The number of amides is 1. The zero-order chi connectivity index (χ0) is 14.7. The van der Waals surface area contributed by atoms with Crippen molar-refractivity contribution in [3.05, 3.63) is 22.4 Å². The quantitative estimate of drug-likeness (QED) is 0.877. The number of carbonyl (C=O) groups excluding carboxylic acids is 1. The van der Waals surface area contributed by atoms with Crippen LogP contribution in [-0.2, 0) is 9.53 Å². The van der Waals surface area contributed by atoms with Crippen LogP contribution < -0.4 is 5.32 Å². The standard InChI is InChI=1S/C15H24N2O2S/c1-5-19-11(4)9-17-14(12-7-6-8-20-12)16-13(10(2)3)15(17)18/h6-8,10-11,13-14,16H,5,9H2,1-4H3. The molecule has 0 saturated carbocycles. The molecule has 1 fully saturated rings. The molecule has 2 rings (SSSR count). The molecule has 4 nitrogen and oxygen atoms in total. The molecular formula is C15H24N2O2S. The summed E-state index contributed by atoms with van der Waals surface area (Å²) >= 11 is 1.68. The molecule has 1 aliphatic rings. The van der Waals surface area contributed by atoms with Crippen LogP contribution in [0.25, 0.3) is 0 Å². The number of thiophene rings is 1. The van der Waals surface area contributed by atoms with Gasteiger partial charge in [-0.2, -0.15) is 0 Å². The summed E-state index contributed by atoms with van der Waals surface area (Å²) in [7, 11) is 0. The fraction of sp³-hybridized carbons (Fsp3) is 0.667. The number of nitrogens with one attached hydrogen (secondary N) is 1. The largest absolute Gasteiger partial charge is 0.377 e. The number of hydrogen-bond acceptors (Lipinski definition) is 4. The number of hydrogen-bond donors (Lipinski definition) is 1. The van der Waals surface area contributed by atoms with Gasteiger partial charge in [0.05, 0.1) is 12.1 Å². The van der Waals surface area contributed by atoms with Crippen LogP contribution in [0.4, 0.5) is 0 Å². The average molecular weight is 296 g/mol. The van der Waals surface area contributed by atoms with E-state index in [1.165, 1.54) is 4.88 Å². The number of ether oxygens (including phenoxy) is 1. The van der Waals surface area contributed by atoms with Crippen molar-refractivity contribution in [1.29, 1.82) is 0 Å². The Bertz CT molecular complexity index is 433. The van der Waals surface area contributed by atoms with Crippen LogP contribution in [0, 0.1) is 5.92 Å². The summed E-state index contributed by atoms with van der Waals surface area (Å²) in [6, 6.07) is 4.01. The normalized spacial score (nSPS) is 24.6. The van der Waals surface area contributed by atoms with Crippen LogP contribution in [0.2, 0.25) is 0 Å². The molecule has 0 spiro atoms. The van der Waals surface area contributed by atoms with E-state index in [1.54, 1.807) is 11.3 Å². The average Bonchev–Trinajstić information content (AvgIpc) is 2.99. The maximum absolute atomic E-state index is 12.6. The van der Waals surface area contributed by atoms with Crippen LogP contribution in [0.15, 0.2) is 17.5 Å². The molecule has 0 bridgehead atoms. The first-order valence-corrected chi connectivity index (χ1v) is 8.14. The molecule has 3 atom stereocenters. The zero-order valence-electron chi connectivity index (χ0n) is 12.6. The van der Waals surface area contributed by atoms with E-state index in [9.17, 15) is 4.79 Å². The van der Waals surface area contributed by atoms with E-state index in [2.05, 4.69) is 25.2 Å². The highest BCUT2D eigenvalue weighted by Crippen LogP contribution is 2.30. The van der Waals surface area contributed by atoms with Crippen molar-refractivity contribution in [2.45, 2.75) is 46.0 Å². The van der Waals surface area contributed by atoms with E-state index in [4.69, 9.17) is 4.74 Å². The van der Waals surface area contributed by atoms with Gasteiger partial charge in [-0.25, -0.2) is 0 Å². The molecule has 5 heteroatoms. The minimum atomic E-state index is -0.101. The molecule has 1 saturated heterocycles. The van der Waals surface area contributed by atoms with Gasteiger partial charge in [-0.3, -0.25) is 10.1 Å². The molecule has 20 heavy (non-hydrogen) atoms. The van der Waals surface area contributed by atoms with Crippen molar-refractivity contribution in [1.82, 2.24) is 10.2 Å². The minimum absolute atomic E-state index is 0.0159. The van der Waals surface area contributed by atoms with Gasteiger partial charge < -0.3 is 9.64 Å². The van der Waals surface area contributed by atoms with Crippen LogP contribution >= 0.6 is 11.3 Å². The highest BCUT2D eigenvalue weighted by Gasteiger charge is 2.41. The second-order valence-electron chi connectivity index (χ2n) is 5.56. The molecule has 0 aliphatic carbocycles. The fourth-order valence-electron chi connectivity index (χ4n) is 2.61. The third-order valence-corrected chi connectivity index (χ3v) is 4.51. The van der Waals surface area contributed by atoms with Gasteiger partial charge in [0.1, 0.15) is 6.17 Å². The highest BCUT2D eigenvalue weighted by molar-refractivity contribution is 7.10. The molecule has 0 aromatic carbocycles. The Balaban J connectivity index is 2.17. The Hall–Kier alpha value is -0.910. The second-order valence-corrected chi connectivity index (χ2v) is 6.54. The summed E-state index contributed by atoms with van der Waals surface area (Å²) in [5, 5.41) is 5.52. The molecule has 112 valence electrons.